The van der Waals surface area contributed by atoms with Gasteiger partial charge in [0.1, 0.15) is 9.84 Å². The van der Waals surface area contributed by atoms with Gasteiger partial charge in [0.2, 0.25) is 0 Å². The first kappa shape index (κ1) is 19.4. The van der Waals surface area contributed by atoms with Crippen molar-refractivity contribution in [3.8, 4) is 11.1 Å². The highest BCUT2D eigenvalue weighted by atomic mass is 32.2. The molecule has 5 heterocycles. The number of pyridine rings is 1. The van der Waals surface area contributed by atoms with Crippen LogP contribution in [0.2, 0.25) is 0 Å². The van der Waals surface area contributed by atoms with Crippen LogP contribution in [-0.4, -0.2) is 49.7 Å². The van der Waals surface area contributed by atoms with Crippen LogP contribution in [0.15, 0.2) is 42.7 Å². The molecule has 0 amide bonds. The zero-order valence-corrected chi connectivity index (χ0v) is 18.4. The van der Waals surface area contributed by atoms with Gasteiger partial charge in [-0.05, 0) is 31.4 Å². The molecule has 5 aromatic rings. The van der Waals surface area contributed by atoms with E-state index < -0.39 is 9.84 Å². The second-order valence-corrected chi connectivity index (χ2v) is 10.7. The van der Waals surface area contributed by atoms with Crippen LogP contribution in [0.5, 0.6) is 0 Å². The molecule has 1 N–H and O–H groups in total. The average Bonchev–Trinajstić information content (AvgIpc) is 3.42. The number of nitrogens with zero attached hydrogens (tertiary/aromatic N) is 5. The molecule has 1 aliphatic heterocycles. The molecule has 0 spiro atoms. The van der Waals surface area contributed by atoms with Crippen molar-refractivity contribution in [2.45, 2.75) is 32.1 Å². The summed E-state index contributed by atoms with van der Waals surface area (Å²) in [4.78, 5) is 9.69. The molecule has 1 aliphatic rings. The summed E-state index contributed by atoms with van der Waals surface area (Å²) >= 11 is 0. The summed E-state index contributed by atoms with van der Waals surface area (Å²) in [7, 11) is -2.96. The third-order valence-electron chi connectivity index (χ3n) is 6.45. The number of aryl methyl sites for hydroxylation is 1. The molecule has 1 fully saturated rings. The van der Waals surface area contributed by atoms with Crippen molar-refractivity contribution in [3.05, 3.63) is 54.1 Å². The summed E-state index contributed by atoms with van der Waals surface area (Å²) < 4.78 is 25.8. The van der Waals surface area contributed by atoms with Gasteiger partial charge in [0.05, 0.1) is 34.3 Å². The van der Waals surface area contributed by atoms with E-state index >= 15 is 0 Å². The molecule has 1 aromatic carbocycles. The van der Waals surface area contributed by atoms with Gasteiger partial charge in [0, 0.05) is 34.3 Å². The number of rotatable bonds is 3. The van der Waals surface area contributed by atoms with Crippen LogP contribution < -0.4 is 0 Å². The predicted octanol–water partition coefficient (Wildman–Crippen LogP) is 3.68. The smallest absolute Gasteiger partial charge is 0.186 e. The van der Waals surface area contributed by atoms with Gasteiger partial charge < -0.3 is 0 Å². The van der Waals surface area contributed by atoms with E-state index in [9.17, 15) is 8.42 Å². The summed E-state index contributed by atoms with van der Waals surface area (Å²) in [6.45, 7) is 2.07. The van der Waals surface area contributed by atoms with Crippen molar-refractivity contribution in [3.63, 3.8) is 0 Å². The van der Waals surface area contributed by atoms with Gasteiger partial charge in [-0.2, -0.15) is 14.7 Å². The SMILES string of the molecule is CCc1[nH]nc2c1c(C1CCS(=O)(=O)CC1)nc1c(-c3cnc4ccccc4c3)cnn12. The summed E-state index contributed by atoms with van der Waals surface area (Å²) in [5.41, 5.74) is 6.13. The van der Waals surface area contributed by atoms with Crippen molar-refractivity contribution in [1.82, 2.24) is 29.8 Å². The largest absolute Gasteiger partial charge is 0.280 e. The fourth-order valence-corrected chi connectivity index (χ4v) is 6.19. The minimum absolute atomic E-state index is 0.0754. The third-order valence-corrected chi connectivity index (χ3v) is 8.16. The molecule has 0 radical (unpaired) electrons. The molecule has 0 atom stereocenters. The van der Waals surface area contributed by atoms with Gasteiger partial charge >= 0.3 is 0 Å². The molecule has 32 heavy (non-hydrogen) atoms. The summed E-state index contributed by atoms with van der Waals surface area (Å²) in [6.07, 6.45) is 5.60. The minimum atomic E-state index is -2.96. The van der Waals surface area contributed by atoms with E-state index in [1.807, 2.05) is 36.7 Å². The van der Waals surface area contributed by atoms with Gasteiger partial charge in [-0.25, -0.2) is 13.4 Å². The van der Waals surface area contributed by atoms with Crippen molar-refractivity contribution < 1.29 is 8.42 Å². The number of sulfone groups is 1. The lowest BCUT2D eigenvalue weighted by Gasteiger charge is -2.22. The maximum Gasteiger partial charge on any atom is 0.186 e. The van der Waals surface area contributed by atoms with Gasteiger partial charge in [-0.1, -0.05) is 25.1 Å². The van der Waals surface area contributed by atoms with Crippen LogP contribution in [0.25, 0.3) is 38.7 Å². The molecule has 1 saturated heterocycles. The number of aromatic amines is 1. The first-order valence-electron chi connectivity index (χ1n) is 10.8. The van der Waals surface area contributed by atoms with Gasteiger partial charge in [-0.3, -0.25) is 10.1 Å². The highest BCUT2D eigenvalue weighted by molar-refractivity contribution is 7.91. The fourth-order valence-electron chi connectivity index (χ4n) is 4.70. The van der Waals surface area contributed by atoms with Crippen LogP contribution in [0.1, 0.15) is 37.1 Å². The van der Waals surface area contributed by atoms with Gasteiger partial charge in [0.15, 0.2) is 11.3 Å². The summed E-state index contributed by atoms with van der Waals surface area (Å²) in [6, 6.07) is 10.1. The first-order valence-corrected chi connectivity index (χ1v) is 12.7. The quantitative estimate of drug-likeness (QED) is 0.453. The molecule has 9 heteroatoms. The van der Waals surface area contributed by atoms with Gasteiger partial charge in [0.25, 0.3) is 0 Å². The Hall–Kier alpha value is -3.33. The number of hydrogen-bond acceptors (Lipinski definition) is 6. The standard InChI is InChI=1S/C23H22N6O2S/c1-2-18-20-21(14-7-9-32(30,31)10-8-14)26-22-17(13-25-29(22)23(20)28-27-18)16-11-15-5-3-4-6-19(15)24-12-16/h3-6,11-14H,2,7-10H2,1H3,(H,27,28). The Labute approximate surface area is 184 Å². The summed E-state index contributed by atoms with van der Waals surface area (Å²) in [5, 5.41) is 14.3. The Kier molecular flexibility index (Phi) is 4.29. The van der Waals surface area contributed by atoms with Crippen molar-refractivity contribution >= 4 is 37.4 Å². The molecule has 6 rings (SSSR count). The third kappa shape index (κ3) is 2.99. The number of aromatic nitrogens is 6. The Morgan fingerprint density at radius 1 is 1.12 bits per heavy atom. The lowest BCUT2D eigenvalue weighted by Crippen LogP contribution is -2.23. The molecular formula is C23H22N6O2S. The van der Waals surface area contributed by atoms with E-state index in [1.165, 1.54) is 0 Å². The molecular weight excluding hydrogens is 424 g/mol. The highest BCUT2D eigenvalue weighted by Gasteiger charge is 2.29. The molecule has 0 aliphatic carbocycles. The van der Waals surface area contributed by atoms with E-state index in [-0.39, 0.29) is 17.4 Å². The van der Waals surface area contributed by atoms with Crippen LogP contribution in [0.4, 0.5) is 0 Å². The zero-order valence-electron chi connectivity index (χ0n) is 17.6. The molecule has 162 valence electrons. The number of hydrogen-bond donors (Lipinski definition) is 1. The molecule has 4 aromatic heterocycles. The Bertz CT molecular complexity index is 1590. The monoisotopic (exact) mass is 446 g/mol. The molecule has 8 nitrogen and oxygen atoms in total. The second-order valence-electron chi connectivity index (χ2n) is 8.39. The second kappa shape index (κ2) is 7.09. The number of nitrogens with one attached hydrogen (secondary N) is 1. The number of fused-ring (bicyclic) bond motifs is 4. The highest BCUT2D eigenvalue weighted by Crippen LogP contribution is 2.36. The predicted molar refractivity (Wildman–Crippen MR) is 123 cm³/mol. The molecule has 0 saturated carbocycles. The summed E-state index contributed by atoms with van der Waals surface area (Å²) in [5.74, 6) is 0.476. The lowest BCUT2D eigenvalue weighted by atomic mass is 9.95. The molecule has 0 unspecified atom stereocenters. The Morgan fingerprint density at radius 3 is 2.75 bits per heavy atom. The first-order chi connectivity index (χ1) is 15.5. The van der Waals surface area contributed by atoms with Crippen molar-refractivity contribution in [2.75, 3.05) is 11.5 Å². The van der Waals surface area contributed by atoms with Crippen LogP contribution in [-0.2, 0) is 16.3 Å². The zero-order chi connectivity index (χ0) is 21.9. The molecule has 0 bridgehead atoms. The van der Waals surface area contributed by atoms with E-state index in [1.54, 1.807) is 4.52 Å². The maximum atomic E-state index is 12.0. The lowest BCUT2D eigenvalue weighted by molar-refractivity contribution is 0.546. The van der Waals surface area contributed by atoms with E-state index in [0.29, 0.717) is 18.5 Å². The van der Waals surface area contributed by atoms with E-state index in [4.69, 9.17) is 4.98 Å². The number of benzene rings is 1. The average molecular weight is 447 g/mol. The number of para-hydroxylation sites is 1. The Balaban J connectivity index is 1.58. The number of H-pyrrole nitrogens is 1. The van der Waals surface area contributed by atoms with Crippen molar-refractivity contribution in [1.29, 1.82) is 0 Å². The van der Waals surface area contributed by atoms with Crippen LogP contribution >= 0.6 is 0 Å². The van der Waals surface area contributed by atoms with Gasteiger partial charge in [-0.15, -0.1) is 0 Å². The van der Waals surface area contributed by atoms with Crippen molar-refractivity contribution in [2.24, 2.45) is 0 Å². The fraction of sp³-hybridized carbons (Fsp3) is 0.304. The maximum absolute atomic E-state index is 12.0. The Morgan fingerprint density at radius 2 is 1.94 bits per heavy atom. The van der Waals surface area contributed by atoms with Crippen LogP contribution in [0.3, 0.4) is 0 Å². The van der Waals surface area contributed by atoms with E-state index in [0.717, 1.165) is 50.9 Å². The topological polar surface area (TPSA) is 106 Å². The van der Waals surface area contributed by atoms with E-state index in [2.05, 4.69) is 33.3 Å². The normalized spacial score (nSPS) is 16.9. The van der Waals surface area contributed by atoms with Crippen LogP contribution in [0, 0.1) is 0 Å². The minimum Gasteiger partial charge on any atom is -0.280 e.